The normalized spacial score (nSPS) is 14.5. The monoisotopic (exact) mass is 232 g/mol. The maximum Gasteiger partial charge on any atom is 0.192 e. The molecule has 0 bridgehead atoms. The standard InChI is InChI=1S/C12H25FOSi/c1-7-8-9-11(13)10-14-15(5,6)12(2,3)4/h9H,7-8,10H2,1-6H3/b11-9+. The van der Waals surface area contributed by atoms with Crippen LogP contribution in [0.25, 0.3) is 0 Å². The van der Waals surface area contributed by atoms with E-state index >= 15 is 0 Å². The molecule has 0 aromatic heterocycles. The zero-order valence-corrected chi connectivity index (χ0v) is 12.0. The molecular weight excluding hydrogens is 207 g/mol. The Hall–Kier alpha value is -0.153. The lowest BCUT2D eigenvalue weighted by molar-refractivity contribution is 0.290. The van der Waals surface area contributed by atoms with Gasteiger partial charge in [-0.25, -0.2) is 4.39 Å². The zero-order valence-electron chi connectivity index (χ0n) is 11.0. The molecule has 0 unspecified atom stereocenters. The summed E-state index contributed by atoms with van der Waals surface area (Å²) >= 11 is 0. The first kappa shape index (κ1) is 14.8. The summed E-state index contributed by atoms with van der Waals surface area (Å²) in [5.74, 6) is -0.123. The van der Waals surface area contributed by atoms with E-state index in [1.54, 1.807) is 6.08 Å². The first-order valence-corrected chi connectivity index (χ1v) is 8.60. The summed E-state index contributed by atoms with van der Waals surface area (Å²) in [6.45, 7) is 12.9. The molecule has 0 saturated heterocycles. The van der Waals surface area contributed by atoms with Gasteiger partial charge in [-0.1, -0.05) is 40.2 Å². The average Bonchev–Trinajstić information content (AvgIpc) is 2.09. The Bertz CT molecular complexity index is 216. The van der Waals surface area contributed by atoms with Crippen LogP contribution < -0.4 is 0 Å². The van der Waals surface area contributed by atoms with Crippen LogP contribution in [-0.4, -0.2) is 14.9 Å². The first-order valence-electron chi connectivity index (χ1n) is 5.69. The molecule has 3 heteroatoms. The molecule has 0 N–H and O–H groups in total. The molecule has 0 spiro atoms. The number of halogens is 1. The Morgan fingerprint density at radius 1 is 1.33 bits per heavy atom. The van der Waals surface area contributed by atoms with Crippen molar-refractivity contribution in [2.24, 2.45) is 0 Å². The van der Waals surface area contributed by atoms with Gasteiger partial charge >= 0.3 is 0 Å². The van der Waals surface area contributed by atoms with Gasteiger partial charge in [-0.2, -0.15) is 0 Å². The minimum Gasteiger partial charge on any atom is -0.410 e. The summed E-state index contributed by atoms with van der Waals surface area (Å²) in [5, 5.41) is 0.151. The molecule has 90 valence electrons. The number of hydrogen-bond donors (Lipinski definition) is 0. The topological polar surface area (TPSA) is 9.23 Å². The quantitative estimate of drug-likeness (QED) is 0.626. The molecule has 0 aromatic rings. The molecule has 15 heavy (non-hydrogen) atoms. The van der Waals surface area contributed by atoms with Crippen molar-refractivity contribution >= 4 is 8.32 Å². The van der Waals surface area contributed by atoms with Crippen LogP contribution in [0.2, 0.25) is 18.1 Å². The molecule has 0 aromatic carbocycles. The fraction of sp³-hybridized carbons (Fsp3) is 0.833. The Morgan fingerprint density at radius 3 is 2.27 bits per heavy atom. The fourth-order valence-electron chi connectivity index (χ4n) is 0.826. The van der Waals surface area contributed by atoms with Crippen LogP contribution >= 0.6 is 0 Å². The molecule has 0 aliphatic heterocycles. The number of allylic oxidation sites excluding steroid dienone is 1. The predicted molar refractivity (Wildman–Crippen MR) is 67.2 cm³/mol. The van der Waals surface area contributed by atoms with E-state index in [2.05, 4.69) is 33.9 Å². The fourth-order valence-corrected chi connectivity index (χ4v) is 1.76. The van der Waals surface area contributed by atoms with Gasteiger partial charge in [0.05, 0.1) is 6.61 Å². The third-order valence-corrected chi connectivity index (χ3v) is 7.51. The average molecular weight is 232 g/mol. The van der Waals surface area contributed by atoms with Crippen LogP contribution in [0.1, 0.15) is 40.5 Å². The Labute approximate surface area is 94.8 Å². The summed E-state index contributed by atoms with van der Waals surface area (Å²) in [7, 11) is -1.79. The highest BCUT2D eigenvalue weighted by atomic mass is 28.4. The van der Waals surface area contributed by atoms with Gasteiger partial charge in [-0.15, -0.1) is 0 Å². The predicted octanol–water partition coefficient (Wildman–Crippen LogP) is 4.66. The maximum absolute atomic E-state index is 13.3. The van der Waals surface area contributed by atoms with E-state index in [1.807, 2.05) is 6.92 Å². The second-order valence-corrected chi connectivity index (χ2v) is 10.3. The molecule has 1 nitrogen and oxygen atoms in total. The van der Waals surface area contributed by atoms with E-state index in [4.69, 9.17) is 4.43 Å². The molecule has 0 radical (unpaired) electrons. The second-order valence-electron chi connectivity index (χ2n) is 5.49. The SMILES string of the molecule is CCC/C=C(/F)CO[Si](C)(C)C(C)(C)C. The number of hydrogen-bond acceptors (Lipinski definition) is 1. The van der Waals surface area contributed by atoms with Crippen LogP contribution in [0.5, 0.6) is 0 Å². The Kier molecular flexibility index (Phi) is 5.74. The molecule has 0 rings (SSSR count). The van der Waals surface area contributed by atoms with Crippen LogP contribution in [0.15, 0.2) is 11.9 Å². The molecular formula is C12H25FOSi. The molecule has 0 heterocycles. The van der Waals surface area contributed by atoms with E-state index in [9.17, 15) is 4.39 Å². The lowest BCUT2D eigenvalue weighted by Crippen LogP contribution is -2.41. The van der Waals surface area contributed by atoms with Gasteiger partial charge in [-0.3, -0.25) is 0 Å². The molecule has 0 saturated carbocycles. The van der Waals surface area contributed by atoms with Gasteiger partial charge in [0.2, 0.25) is 0 Å². The highest BCUT2D eigenvalue weighted by Crippen LogP contribution is 2.36. The van der Waals surface area contributed by atoms with Crippen molar-refractivity contribution in [1.82, 2.24) is 0 Å². The minimum atomic E-state index is -1.79. The van der Waals surface area contributed by atoms with E-state index in [-0.39, 0.29) is 17.5 Å². The Morgan fingerprint density at radius 2 is 1.87 bits per heavy atom. The van der Waals surface area contributed by atoms with Crippen molar-refractivity contribution in [2.75, 3.05) is 6.61 Å². The summed E-state index contributed by atoms with van der Waals surface area (Å²) < 4.78 is 19.0. The largest absolute Gasteiger partial charge is 0.410 e. The van der Waals surface area contributed by atoms with E-state index in [0.717, 1.165) is 12.8 Å². The summed E-state index contributed by atoms with van der Waals surface area (Å²) in [5.41, 5.74) is 0. The summed E-state index contributed by atoms with van der Waals surface area (Å²) in [6.07, 6.45) is 3.41. The highest BCUT2D eigenvalue weighted by Gasteiger charge is 2.37. The molecule has 0 atom stereocenters. The molecule has 0 aliphatic rings. The van der Waals surface area contributed by atoms with Gasteiger partial charge < -0.3 is 4.43 Å². The molecule has 0 fully saturated rings. The molecule has 0 aliphatic carbocycles. The lowest BCUT2D eigenvalue weighted by atomic mass is 10.2. The summed E-state index contributed by atoms with van der Waals surface area (Å²) in [6, 6.07) is 0. The number of unbranched alkanes of at least 4 members (excludes halogenated alkanes) is 1. The van der Waals surface area contributed by atoms with Crippen molar-refractivity contribution < 1.29 is 8.82 Å². The van der Waals surface area contributed by atoms with E-state index in [1.165, 1.54) is 0 Å². The Balaban J connectivity index is 4.15. The van der Waals surface area contributed by atoms with Gasteiger partial charge in [0.15, 0.2) is 8.32 Å². The van der Waals surface area contributed by atoms with Crippen molar-refractivity contribution in [3.05, 3.63) is 11.9 Å². The first-order chi connectivity index (χ1) is 6.70. The van der Waals surface area contributed by atoms with Crippen molar-refractivity contribution in [1.29, 1.82) is 0 Å². The van der Waals surface area contributed by atoms with Gasteiger partial charge in [-0.05, 0) is 24.6 Å². The van der Waals surface area contributed by atoms with Gasteiger partial charge in [0, 0.05) is 0 Å². The third-order valence-electron chi connectivity index (χ3n) is 3.03. The zero-order chi connectivity index (χ0) is 12.1. The van der Waals surface area contributed by atoms with Gasteiger partial charge in [0.1, 0.15) is 5.83 Å². The van der Waals surface area contributed by atoms with Crippen molar-refractivity contribution in [2.45, 2.75) is 58.7 Å². The smallest absolute Gasteiger partial charge is 0.192 e. The molecule has 0 amide bonds. The van der Waals surface area contributed by atoms with E-state index in [0.29, 0.717) is 0 Å². The van der Waals surface area contributed by atoms with Gasteiger partial charge in [0.25, 0.3) is 0 Å². The van der Waals surface area contributed by atoms with Crippen LogP contribution in [0, 0.1) is 0 Å². The maximum atomic E-state index is 13.3. The van der Waals surface area contributed by atoms with Crippen molar-refractivity contribution in [3.8, 4) is 0 Å². The summed E-state index contributed by atoms with van der Waals surface area (Å²) in [4.78, 5) is 0. The lowest BCUT2D eigenvalue weighted by Gasteiger charge is -2.35. The number of rotatable bonds is 5. The van der Waals surface area contributed by atoms with E-state index < -0.39 is 8.32 Å². The van der Waals surface area contributed by atoms with Crippen LogP contribution in [-0.2, 0) is 4.43 Å². The van der Waals surface area contributed by atoms with Crippen LogP contribution in [0.4, 0.5) is 4.39 Å². The highest BCUT2D eigenvalue weighted by molar-refractivity contribution is 6.74. The minimum absolute atomic E-state index is 0.123. The third kappa shape index (κ3) is 5.47. The van der Waals surface area contributed by atoms with Crippen molar-refractivity contribution in [3.63, 3.8) is 0 Å². The second kappa shape index (κ2) is 5.80. The van der Waals surface area contributed by atoms with Crippen LogP contribution in [0.3, 0.4) is 0 Å².